The molecule has 0 saturated carbocycles. The van der Waals surface area contributed by atoms with Crippen LogP contribution in [0.15, 0.2) is 6.20 Å². The SMILES string of the molecule is CCC(=O)CCc1ncc(C)c([N+](=O)[O-])c1C. The summed E-state index contributed by atoms with van der Waals surface area (Å²) in [5.74, 6) is 0.148. The number of carbonyl (C=O) groups excluding carboxylic acids is 1. The number of rotatable bonds is 5. The van der Waals surface area contributed by atoms with Crippen molar-refractivity contribution in [3.05, 3.63) is 33.1 Å². The van der Waals surface area contributed by atoms with E-state index in [9.17, 15) is 14.9 Å². The minimum Gasteiger partial charge on any atom is -0.300 e. The van der Waals surface area contributed by atoms with Crippen molar-refractivity contribution in [3.8, 4) is 0 Å². The van der Waals surface area contributed by atoms with Gasteiger partial charge in [0.1, 0.15) is 5.78 Å². The largest absolute Gasteiger partial charge is 0.300 e. The van der Waals surface area contributed by atoms with Crippen LogP contribution in [0, 0.1) is 24.0 Å². The van der Waals surface area contributed by atoms with E-state index < -0.39 is 4.92 Å². The van der Waals surface area contributed by atoms with E-state index in [0.29, 0.717) is 36.1 Å². The first-order valence-corrected chi connectivity index (χ1v) is 5.58. The highest BCUT2D eigenvalue weighted by atomic mass is 16.6. The second-order valence-electron chi connectivity index (χ2n) is 4.01. The van der Waals surface area contributed by atoms with E-state index in [-0.39, 0.29) is 11.5 Å². The lowest BCUT2D eigenvalue weighted by atomic mass is 10.0. The van der Waals surface area contributed by atoms with Crippen molar-refractivity contribution in [2.75, 3.05) is 0 Å². The van der Waals surface area contributed by atoms with E-state index in [4.69, 9.17) is 0 Å². The van der Waals surface area contributed by atoms with Crippen LogP contribution in [0.2, 0.25) is 0 Å². The number of Topliss-reactive ketones (excluding diaryl/α,β-unsaturated/α-hetero) is 1. The number of hydrogen-bond donors (Lipinski definition) is 0. The fourth-order valence-electron chi connectivity index (χ4n) is 1.73. The summed E-state index contributed by atoms with van der Waals surface area (Å²) in [5.41, 5.74) is 1.88. The van der Waals surface area contributed by atoms with Crippen LogP contribution in [0.25, 0.3) is 0 Å². The molecule has 0 radical (unpaired) electrons. The Morgan fingerprint density at radius 2 is 2.12 bits per heavy atom. The Kier molecular flexibility index (Phi) is 4.31. The molecule has 1 heterocycles. The van der Waals surface area contributed by atoms with Gasteiger partial charge in [-0.2, -0.15) is 0 Å². The van der Waals surface area contributed by atoms with E-state index in [2.05, 4.69) is 4.98 Å². The quantitative estimate of drug-likeness (QED) is 0.581. The molecular weight excluding hydrogens is 220 g/mol. The zero-order chi connectivity index (χ0) is 13.0. The highest BCUT2D eigenvalue weighted by Gasteiger charge is 2.18. The molecule has 17 heavy (non-hydrogen) atoms. The summed E-state index contributed by atoms with van der Waals surface area (Å²) in [7, 11) is 0. The normalized spacial score (nSPS) is 10.3. The highest BCUT2D eigenvalue weighted by molar-refractivity contribution is 5.78. The molecule has 0 aliphatic carbocycles. The van der Waals surface area contributed by atoms with Crippen molar-refractivity contribution >= 4 is 11.5 Å². The van der Waals surface area contributed by atoms with Gasteiger partial charge < -0.3 is 0 Å². The predicted molar refractivity (Wildman–Crippen MR) is 64.0 cm³/mol. The van der Waals surface area contributed by atoms with E-state index in [1.807, 2.05) is 0 Å². The number of hydrogen-bond acceptors (Lipinski definition) is 4. The number of aromatic nitrogens is 1. The van der Waals surface area contributed by atoms with Crippen LogP contribution in [0.5, 0.6) is 0 Å². The summed E-state index contributed by atoms with van der Waals surface area (Å²) in [4.78, 5) is 25.9. The summed E-state index contributed by atoms with van der Waals surface area (Å²) in [6.45, 7) is 5.16. The van der Waals surface area contributed by atoms with Crippen molar-refractivity contribution in [1.82, 2.24) is 4.98 Å². The monoisotopic (exact) mass is 236 g/mol. The van der Waals surface area contributed by atoms with Gasteiger partial charge in [-0.05, 0) is 20.3 Å². The Labute approximate surface area is 100 Å². The average Bonchev–Trinajstić information content (AvgIpc) is 2.27. The summed E-state index contributed by atoms with van der Waals surface area (Å²) < 4.78 is 0. The highest BCUT2D eigenvalue weighted by Crippen LogP contribution is 2.24. The minimum atomic E-state index is -0.391. The third-order valence-electron chi connectivity index (χ3n) is 2.79. The molecule has 0 aromatic carbocycles. The molecule has 0 aliphatic heterocycles. The number of nitro groups is 1. The van der Waals surface area contributed by atoms with Gasteiger partial charge in [-0.25, -0.2) is 0 Å². The Bertz CT molecular complexity index is 455. The second kappa shape index (κ2) is 5.52. The third-order valence-corrected chi connectivity index (χ3v) is 2.79. The van der Waals surface area contributed by atoms with Crippen molar-refractivity contribution in [1.29, 1.82) is 0 Å². The van der Waals surface area contributed by atoms with E-state index in [1.54, 1.807) is 20.8 Å². The first-order chi connectivity index (χ1) is 7.97. The molecule has 0 amide bonds. The molecule has 0 bridgehead atoms. The lowest BCUT2D eigenvalue weighted by Gasteiger charge is -2.06. The summed E-state index contributed by atoms with van der Waals surface area (Å²) in [5, 5.41) is 10.9. The number of carbonyl (C=O) groups is 1. The Morgan fingerprint density at radius 3 is 2.65 bits per heavy atom. The Morgan fingerprint density at radius 1 is 1.47 bits per heavy atom. The van der Waals surface area contributed by atoms with Gasteiger partial charge >= 0.3 is 0 Å². The molecule has 0 unspecified atom stereocenters. The van der Waals surface area contributed by atoms with Crippen LogP contribution in [0.4, 0.5) is 5.69 Å². The summed E-state index contributed by atoms with van der Waals surface area (Å²) in [6.07, 6.45) is 2.86. The topological polar surface area (TPSA) is 73.1 Å². The second-order valence-corrected chi connectivity index (χ2v) is 4.01. The number of nitrogens with zero attached hydrogens (tertiary/aromatic N) is 2. The van der Waals surface area contributed by atoms with E-state index in [1.165, 1.54) is 6.20 Å². The smallest absolute Gasteiger partial charge is 0.278 e. The maximum absolute atomic E-state index is 11.2. The molecule has 92 valence electrons. The van der Waals surface area contributed by atoms with Crippen molar-refractivity contribution in [2.24, 2.45) is 0 Å². The van der Waals surface area contributed by atoms with Crippen LogP contribution in [0.1, 0.15) is 36.6 Å². The van der Waals surface area contributed by atoms with Gasteiger partial charge in [0.15, 0.2) is 0 Å². The van der Waals surface area contributed by atoms with Gasteiger partial charge in [0.25, 0.3) is 5.69 Å². The van der Waals surface area contributed by atoms with Crippen LogP contribution >= 0.6 is 0 Å². The lowest BCUT2D eigenvalue weighted by molar-refractivity contribution is -0.386. The van der Waals surface area contributed by atoms with E-state index >= 15 is 0 Å². The number of pyridine rings is 1. The Hall–Kier alpha value is -1.78. The number of ketones is 1. The van der Waals surface area contributed by atoms with Gasteiger partial charge in [-0.15, -0.1) is 0 Å². The molecule has 1 aromatic rings. The molecule has 0 saturated heterocycles. The molecular formula is C12H16N2O3. The standard InChI is InChI=1S/C12H16N2O3/c1-4-10(15)5-6-11-9(3)12(14(16)17)8(2)7-13-11/h7H,4-6H2,1-3H3. The first-order valence-electron chi connectivity index (χ1n) is 5.58. The summed E-state index contributed by atoms with van der Waals surface area (Å²) in [6, 6.07) is 0. The molecule has 0 aliphatic rings. The maximum atomic E-state index is 11.2. The number of aryl methyl sites for hydroxylation is 2. The van der Waals surface area contributed by atoms with Gasteiger partial charge in [-0.1, -0.05) is 6.92 Å². The zero-order valence-corrected chi connectivity index (χ0v) is 10.3. The maximum Gasteiger partial charge on any atom is 0.278 e. The van der Waals surface area contributed by atoms with Gasteiger partial charge in [0.2, 0.25) is 0 Å². The molecule has 0 fully saturated rings. The molecule has 0 spiro atoms. The van der Waals surface area contributed by atoms with Crippen LogP contribution in [-0.4, -0.2) is 15.7 Å². The lowest BCUT2D eigenvalue weighted by Crippen LogP contribution is -2.05. The van der Waals surface area contributed by atoms with Crippen LogP contribution in [0.3, 0.4) is 0 Å². The van der Waals surface area contributed by atoms with Gasteiger partial charge in [0, 0.05) is 30.2 Å². The van der Waals surface area contributed by atoms with Crippen molar-refractivity contribution < 1.29 is 9.72 Å². The molecule has 0 atom stereocenters. The molecule has 0 N–H and O–H groups in total. The average molecular weight is 236 g/mol. The molecule has 1 rings (SSSR count). The van der Waals surface area contributed by atoms with Crippen molar-refractivity contribution in [3.63, 3.8) is 0 Å². The van der Waals surface area contributed by atoms with Gasteiger partial charge in [0.05, 0.1) is 10.6 Å². The first kappa shape index (κ1) is 13.3. The zero-order valence-electron chi connectivity index (χ0n) is 10.3. The molecule has 1 aromatic heterocycles. The molecule has 5 nitrogen and oxygen atoms in total. The summed E-state index contributed by atoms with van der Waals surface area (Å²) >= 11 is 0. The Balaban J connectivity index is 2.99. The van der Waals surface area contributed by atoms with Gasteiger partial charge in [-0.3, -0.25) is 19.9 Å². The van der Waals surface area contributed by atoms with Crippen LogP contribution < -0.4 is 0 Å². The molecule has 5 heteroatoms. The fraction of sp³-hybridized carbons (Fsp3) is 0.500. The third kappa shape index (κ3) is 3.09. The predicted octanol–water partition coefficient (Wildman–Crippen LogP) is 2.52. The van der Waals surface area contributed by atoms with E-state index in [0.717, 1.165) is 0 Å². The fourth-order valence-corrected chi connectivity index (χ4v) is 1.73. The minimum absolute atomic E-state index is 0.110. The van der Waals surface area contributed by atoms with Crippen LogP contribution in [-0.2, 0) is 11.2 Å². The van der Waals surface area contributed by atoms with Crippen molar-refractivity contribution in [2.45, 2.75) is 40.0 Å².